The minimum atomic E-state index is -0.499. The molecule has 1 unspecified atom stereocenters. The van der Waals surface area contributed by atoms with E-state index in [1.165, 1.54) is 16.7 Å². The SMILES string of the molecule is CCOCC1OCC(=NOC(=O)N(C)C)S1. The molecule has 1 fully saturated rings. The summed E-state index contributed by atoms with van der Waals surface area (Å²) in [5, 5.41) is 4.36. The molecule has 0 aromatic heterocycles. The van der Waals surface area contributed by atoms with Crippen LogP contribution in [0.4, 0.5) is 4.79 Å². The predicted octanol–water partition coefficient (Wildman–Crippen LogP) is 1.12. The van der Waals surface area contributed by atoms with Crippen molar-refractivity contribution in [1.29, 1.82) is 0 Å². The third kappa shape index (κ3) is 4.38. The maximum absolute atomic E-state index is 11.1. The van der Waals surface area contributed by atoms with E-state index in [1.807, 2.05) is 6.92 Å². The molecule has 6 nitrogen and oxygen atoms in total. The van der Waals surface area contributed by atoms with Crippen LogP contribution in [0.3, 0.4) is 0 Å². The molecule has 0 aliphatic carbocycles. The van der Waals surface area contributed by atoms with Crippen molar-refractivity contribution in [3.8, 4) is 0 Å². The summed E-state index contributed by atoms with van der Waals surface area (Å²) < 4.78 is 10.6. The second kappa shape index (κ2) is 6.72. The first kappa shape index (κ1) is 13.3. The number of hydrogen-bond acceptors (Lipinski definition) is 6. The zero-order valence-corrected chi connectivity index (χ0v) is 10.5. The number of carbonyl (C=O) groups excluding carboxylic acids is 1. The van der Waals surface area contributed by atoms with Crippen LogP contribution in [-0.4, -0.2) is 55.4 Å². The number of oxime groups is 1. The second-order valence-corrected chi connectivity index (χ2v) is 4.49. The number of rotatable bonds is 4. The molecule has 1 heterocycles. The summed E-state index contributed by atoms with van der Waals surface area (Å²) >= 11 is 1.41. The fourth-order valence-corrected chi connectivity index (χ4v) is 1.72. The van der Waals surface area contributed by atoms with Gasteiger partial charge in [0.15, 0.2) is 0 Å². The van der Waals surface area contributed by atoms with E-state index in [2.05, 4.69) is 9.99 Å². The van der Waals surface area contributed by atoms with Gasteiger partial charge in [-0.25, -0.2) is 4.79 Å². The van der Waals surface area contributed by atoms with Gasteiger partial charge in [0, 0.05) is 20.7 Å². The quantitative estimate of drug-likeness (QED) is 0.551. The van der Waals surface area contributed by atoms with Crippen LogP contribution in [0.5, 0.6) is 0 Å². The normalized spacial score (nSPS) is 22.4. The Labute approximate surface area is 98.9 Å². The summed E-state index contributed by atoms with van der Waals surface area (Å²) in [7, 11) is 3.19. The fraction of sp³-hybridized carbons (Fsp3) is 0.778. The second-order valence-electron chi connectivity index (χ2n) is 3.25. The molecule has 16 heavy (non-hydrogen) atoms. The largest absolute Gasteiger partial charge is 0.435 e. The lowest BCUT2D eigenvalue weighted by molar-refractivity contribution is 0.0542. The molecule has 0 aromatic rings. The molecular formula is C9H16N2O4S. The summed E-state index contributed by atoms with van der Waals surface area (Å²) in [6, 6.07) is 0. The Morgan fingerprint density at radius 2 is 2.44 bits per heavy atom. The first-order valence-electron chi connectivity index (χ1n) is 4.94. The summed E-state index contributed by atoms with van der Waals surface area (Å²) in [6.07, 6.45) is -0.499. The lowest BCUT2D eigenvalue weighted by Gasteiger charge is -2.06. The highest BCUT2D eigenvalue weighted by Crippen LogP contribution is 2.23. The van der Waals surface area contributed by atoms with Crippen LogP contribution < -0.4 is 0 Å². The predicted molar refractivity (Wildman–Crippen MR) is 61.4 cm³/mol. The topological polar surface area (TPSA) is 60.4 Å². The number of hydrogen-bond donors (Lipinski definition) is 0. The highest BCUT2D eigenvalue weighted by Gasteiger charge is 2.23. The van der Waals surface area contributed by atoms with Crippen molar-refractivity contribution in [2.45, 2.75) is 12.4 Å². The van der Waals surface area contributed by atoms with Gasteiger partial charge in [0.2, 0.25) is 0 Å². The van der Waals surface area contributed by atoms with Gasteiger partial charge in [0.1, 0.15) is 17.1 Å². The van der Waals surface area contributed by atoms with Gasteiger partial charge in [0.25, 0.3) is 0 Å². The molecule has 92 valence electrons. The van der Waals surface area contributed by atoms with Gasteiger partial charge in [-0.15, -0.1) is 0 Å². The lowest BCUT2D eigenvalue weighted by Crippen LogP contribution is -2.21. The maximum Gasteiger partial charge on any atom is 0.435 e. The van der Waals surface area contributed by atoms with Crippen molar-refractivity contribution in [3.63, 3.8) is 0 Å². The first-order valence-corrected chi connectivity index (χ1v) is 5.82. The van der Waals surface area contributed by atoms with Gasteiger partial charge in [-0.05, 0) is 6.92 Å². The van der Waals surface area contributed by atoms with Crippen molar-refractivity contribution in [2.24, 2.45) is 5.16 Å². The molecule has 0 radical (unpaired) electrons. The van der Waals surface area contributed by atoms with E-state index < -0.39 is 6.09 Å². The molecule has 0 saturated carbocycles. The van der Waals surface area contributed by atoms with Crippen molar-refractivity contribution in [2.75, 3.05) is 33.9 Å². The number of thioether (sulfide) groups is 1. The zero-order valence-electron chi connectivity index (χ0n) is 9.63. The van der Waals surface area contributed by atoms with E-state index in [0.29, 0.717) is 24.9 Å². The van der Waals surface area contributed by atoms with Crippen LogP contribution in [0.15, 0.2) is 5.16 Å². The van der Waals surface area contributed by atoms with Crippen molar-refractivity contribution >= 4 is 22.9 Å². The maximum atomic E-state index is 11.1. The highest BCUT2D eigenvalue weighted by atomic mass is 32.2. The highest BCUT2D eigenvalue weighted by molar-refractivity contribution is 8.14. The Bertz CT molecular complexity index is 270. The van der Waals surface area contributed by atoms with Crippen LogP contribution in [0.25, 0.3) is 0 Å². The monoisotopic (exact) mass is 248 g/mol. The molecule has 1 rings (SSSR count). The van der Waals surface area contributed by atoms with Gasteiger partial charge < -0.3 is 14.4 Å². The molecule has 1 atom stereocenters. The molecule has 0 spiro atoms. The van der Waals surface area contributed by atoms with E-state index in [0.717, 1.165) is 0 Å². The van der Waals surface area contributed by atoms with Gasteiger partial charge in [-0.2, -0.15) is 0 Å². The lowest BCUT2D eigenvalue weighted by atomic mass is 10.7. The fourth-order valence-electron chi connectivity index (χ4n) is 0.900. The molecule has 1 amide bonds. The Morgan fingerprint density at radius 3 is 3.06 bits per heavy atom. The van der Waals surface area contributed by atoms with Gasteiger partial charge in [-0.1, -0.05) is 16.9 Å². The van der Waals surface area contributed by atoms with E-state index >= 15 is 0 Å². The van der Waals surface area contributed by atoms with Crippen molar-refractivity contribution in [1.82, 2.24) is 4.90 Å². The Morgan fingerprint density at radius 1 is 1.69 bits per heavy atom. The van der Waals surface area contributed by atoms with Gasteiger partial charge in [-0.3, -0.25) is 4.84 Å². The summed E-state index contributed by atoms with van der Waals surface area (Å²) in [5.74, 6) is 0. The van der Waals surface area contributed by atoms with Crippen molar-refractivity contribution < 1.29 is 19.1 Å². The molecule has 7 heteroatoms. The summed E-state index contributed by atoms with van der Waals surface area (Å²) in [6.45, 7) is 3.46. The molecule has 0 aromatic carbocycles. The van der Waals surface area contributed by atoms with E-state index in [1.54, 1.807) is 14.1 Å². The zero-order chi connectivity index (χ0) is 12.0. The Hall–Kier alpha value is -0.790. The van der Waals surface area contributed by atoms with Crippen LogP contribution >= 0.6 is 11.8 Å². The molecule has 0 N–H and O–H groups in total. The third-order valence-corrected chi connectivity index (χ3v) is 2.71. The number of nitrogens with zero attached hydrogens (tertiary/aromatic N) is 2. The van der Waals surface area contributed by atoms with Gasteiger partial charge >= 0.3 is 6.09 Å². The smallest absolute Gasteiger partial charge is 0.378 e. The van der Waals surface area contributed by atoms with E-state index in [4.69, 9.17) is 9.47 Å². The van der Waals surface area contributed by atoms with Crippen LogP contribution in [0, 0.1) is 0 Å². The van der Waals surface area contributed by atoms with Gasteiger partial charge in [0.05, 0.1) is 6.61 Å². The number of carbonyl (C=O) groups is 1. The Kier molecular flexibility index (Phi) is 5.58. The Balaban J connectivity index is 2.29. The molecular weight excluding hydrogens is 232 g/mol. The summed E-state index contributed by atoms with van der Waals surface area (Å²) in [4.78, 5) is 17.1. The molecule has 0 bridgehead atoms. The standard InChI is InChI=1S/C9H16N2O4S/c1-4-13-6-8-14-5-7(16-8)10-15-9(12)11(2)3/h8H,4-6H2,1-3H3. The average molecular weight is 248 g/mol. The number of ether oxygens (including phenoxy) is 2. The average Bonchev–Trinajstić information content (AvgIpc) is 2.70. The molecule has 1 aliphatic heterocycles. The third-order valence-electron chi connectivity index (χ3n) is 1.71. The number of amides is 1. The first-order chi connectivity index (χ1) is 7.63. The van der Waals surface area contributed by atoms with Crippen molar-refractivity contribution in [3.05, 3.63) is 0 Å². The van der Waals surface area contributed by atoms with Crippen LogP contribution in [0.1, 0.15) is 6.92 Å². The van der Waals surface area contributed by atoms with Crippen LogP contribution in [-0.2, 0) is 14.3 Å². The molecule has 1 saturated heterocycles. The minimum absolute atomic E-state index is 0.0586. The molecule has 1 aliphatic rings. The van der Waals surface area contributed by atoms with Crippen LogP contribution in [0.2, 0.25) is 0 Å². The van der Waals surface area contributed by atoms with E-state index in [-0.39, 0.29) is 5.44 Å². The van der Waals surface area contributed by atoms with E-state index in [9.17, 15) is 4.79 Å². The summed E-state index contributed by atoms with van der Waals surface area (Å²) in [5.41, 5.74) is -0.0586. The minimum Gasteiger partial charge on any atom is -0.378 e.